The lowest BCUT2D eigenvalue weighted by molar-refractivity contribution is 0.0785. The standard InChI is InChI=1S/C31H26N4O4/c1-34(20-24-7-2-6-22-8-4-16-33-29(22)24)30(38)23-9-11-25(12-10-23)35(19-21-5-3-15-32-18-21)31(39)27-14-13-26(36)17-28(27)37/h2-18,36-37H,19-20H2,1H3. The summed E-state index contributed by atoms with van der Waals surface area (Å²) in [6.45, 7) is 0.578. The number of aromatic nitrogens is 2. The lowest BCUT2D eigenvalue weighted by atomic mass is 10.1. The Bertz CT molecular complexity index is 1630. The fraction of sp³-hybridized carbons (Fsp3) is 0.0968. The van der Waals surface area contributed by atoms with Crippen LogP contribution in [0.2, 0.25) is 0 Å². The highest BCUT2D eigenvalue weighted by Crippen LogP contribution is 2.28. The normalized spacial score (nSPS) is 10.8. The lowest BCUT2D eigenvalue weighted by Gasteiger charge is -2.24. The highest BCUT2D eigenvalue weighted by molar-refractivity contribution is 6.08. The maximum Gasteiger partial charge on any atom is 0.262 e. The van der Waals surface area contributed by atoms with Crippen LogP contribution in [0.25, 0.3) is 10.9 Å². The molecule has 194 valence electrons. The van der Waals surface area contributed by atoms with E-state index in [0.29, 0.717) is 17.8 Å². The summed E-state index contributed by atoms with van der Waals surface area (Å²) in [6, 6.07) is 24.0. The van der Waals surface area contributed by atoms with Crippen LogP contribution in [-0.2, 0) is 13.1 Å². The maximum atomic E-state index is 13.5. The molecule has 0 bridgehead atoms. The summed E-state index contributed by atoms with van der Waals surface area (Å²) in [4.78, 5) is 38.5. The van der Waals surface area contributed by atoms with Gasteiger partial charge in [0.1, 0.15) is 11.5 Å². The van der Waals surface area contributed by atoms with Crippen molar-refractivity contribution in [3.8, 4) is 11.5 Å². The number of para-hydroxylation sites is 1. The molecule has 3 aromatic carbocycles. The van der Waals surface area contributed by atoms with Gasteiger partial charge in [-0.3, -0.25) is 19.6 Å². The van der Waals surface area contributed by atoms with Gasteiger partial charge in [-0.2, -0.15) is 0 Å². The smallest absolute Gasteiger partial charge is 0.262 e. The monoisotopic (exact) mass is 518 g/mol. The van der Waals surface area contributed by atoms with Gasteiger partial charge in [0, 0.05) is 54.9 Å². The van der Waals surface area contributed by atoms with Gasteiger partial charge in [0.25, 0.3) is 11.8 Å². The minimum atomic E-state index is -0.462. The molecule has 8 heteroatoms. The van der Waals surface area contributed by atoms with Crippen molar-refractivity contribution in [3.63, 3.8) is 0 Å². The van der Waals surface area contributed by atoms with Gasteiger partial charge in [-0.1, -0.05) is 30.3 Å². The number of nitrogens with zero attached hydrogens (tertiary/aromatic N) is 4. The highest BCUT2D eigenvalue weighted by Gasteiger charge is 2.22. The van der Waals surface area contributed by atoms with Crippen molar-refractivity contribution < 1.29 is 19.8 Å². The largest absolute Gasteiger partial charge is 0.508 e. The predicted molar refractivity (Wildman–Crippen MR) is 149 cm³/mol. The predicted octanol–water partition coefficient (Wildman–Crippen LogP) is 5.16. The Kier molecular flexibility index (Phi) is 7.18. The molecule has 2 aromatic heterocycles. The van der Waals surface area contributed by atoms with Gasteiger partial charge >= 0.3 is 0 Å². The number of carbonyl (C=O) groups is 2. The Morgan fingerprint density at radius 3 is 2.33 bits per heavy atom. The molecule has 0 saturated carbocycles. The number of fused-ring (bicyclic) bond motifs is 1. The van der Waals surface area contributed by atoms with Crippen molar-refractivity contribution >= 4 is 28.4 Å². The number of phenolic OH excluding ortho intramolecular Hbond substituents is 2. The lowest BCUT2D eigenvalue weighted by Crippen LogP contribution is -2.31. The summed E-state index contributed by atoms with van der Waals surface area (Å²) in [5, 5.41) is 21.0. The second-order valence-electron chi connectivity index (χ2n) is 9.15. The first-order valence-corrected chi connectivity index (χ1v) is 12.3. The second kappa shape index (κ2) is 11.0. The van der Waals surface area contributed by atoms with E-state index in [1.165, 1.54) is 17.0 Å². The van der Waals surface area contributed by atoms with Crippen LogP contribution >= 0.6 is 0 Å². The Hall–Kier alpha value is -5.24. The van der Waals surface area contributed by atoms with Crippen molar-refractivity contribution in [1.29, 1.82) is 0 Å². The van der Waals surface area contributed by atoms with E-state index in [2.05, 4.69) is 9.97 Å². The van der Waals surface area contributed by atoms with E-state index in [1.807, 2.05) is 36.4 Å². The topological polar surface area (TPSA) is 107 Å². The van der Waals surface area contributed by atoms with Crippen molar-refractivity contribution in [2.24, 2.45) is 0 Å². The average Bonchev–Trinajstić information content (AvgIpc) is 2.96. The van der Waals surface area contributed by atoms with Crippen molar-refractivity contribution in [2.75, 3.05) is 11.9 Å². The Morgan fingerprint density at radius 2 is 1.59 bits per heavy atom. The van der Waals surface area contributed by atoms with E-state index < -0.39 is 5.91 Å². The van der Waals surface area contributed by atoms with E-state index in [9.17, 15) is 19.8 Å². The zero-order chi connectivity index (χ0) is 27.4. The second-order valence-corrected chi connectivity index (χ2v) is 9.15. The first kappa shape index (κ1) is 25.4. The number of pyridine rings is 2. The number of hydrogen-bond acceptors (Lipinski definition) is 6. The van der Waals surface area contributed by atoms with Crippen molar-refractivity contribution in [2.45, 2.75) is 13.1 Å². The number of amides is 2. The summed E-state index contributed by atoms with van der Waals surface area (Å²) >= 11 is 0. The minimum absolute atomic E-state index is 0.0419. The number of rotatable bonds is 7. The number of anilines is 1. The van der Waals surface area contributed by atoms with Crippen LogP contribution in [0.3, 0.4) is 0 Å². The quantitative estimate of drug-likeness (QED) is 0.308. The van der Waals surface area contributed by atoms with E-state index >= 15 is 0 Å². The number of benzene rings is 3. The molecule has 5 aromatic rings. The Labute approximate surface area is 225 Å². The molecule has 0 saturated heterocycles. The van der Waals surface area contributed by atoms with E-state index in [4.69, 9.17) is 0 Å². The first-order chi connectivity index (χ1) is 18.9. The molecule has 0 spiro atoms. The molecule has 0 fully saturated rings. The van der Waals surface area contributed by atoms with Crippen molar-refractivity contribution in [1.82, 2.24) is 14.9 Å². The van der Waals surface area contributed by atoms with Gasteiger partial charge in [-0.05, 0) is 59.7 Å². The minimum Gasteiger partial charge on any atom is -0.508 e. The molecule has 0 unspecified atom stereocenters. The molecule has 0 aliphatic heterocycles. The molecule has 2 N–H and O–H groups in total. The van der Waals surface area contributed by atoms with Gasteiger partial charge in [0.15, 0.2) is 0 Å². The molecule has 5 rings (SSSR count). The maximum absolute atomic E-state index is 13.5. The third kappa shape index (κ3) is 5.55. The zero-order valence-electron chi connectivity index (χ0n) is 21.2. The number of hydrogen-bond donors (Lipinski definition) is 2. The van der Waals surface area contributed by atoms with Gasteiger partial charge in [0.05, 0.1) is 17.6 Å². The molecule has 39 heavy (non-hydrogen) atoms. The number of aromatic hydroxyl groups is 2. The van der Waals surface area contributed by atoms with Crippen molar-refractivity contribution in [3.05, 3.63) is 126 Å². The third-order valence-corrected chi connectivity index (χ3v) is 6.42. The molecule has 2 amide bonds. The molecule has 0 atom stereocenters. The molecular formula is C31H26N4O4. The van der Waals surface area contributed by atoms with Crippen LogP contribution in [0, 0.1) is 0 Å². The van der Waals surface area contributed by atoms with Crippen LogP contribution in [0.1, 0.15) is 31.8 Å². The van der Waals surface area contributed by atoms with Crippen LogP contribution < -0.4 is 4.90 Å². The summed E-state index contributed by atoms with van der Waals surface area (Å²) in [7, 11) is 1.74. The van der Waals surface area contributed by atoms with Crippen LogP contribution in [0.4, 0.5) is 5.69 Å². The summed E-state index contributed by atoms with van der Waals surface area (Å²) in [6.07, 6.45) is 5.04. The third-order valence-electron chi connectivity index (χ3n) is 6.42. The van der Waals surface area contributed by atoms with Gasteiger partial charge < -0.3 is 20.0 Å². The zero-order valence-corrected chi connectivity index (χ0v) is 21.2. The van der Waals surface area contributed by atoms with E-state index in [1.54, 1.807) is 60.9 Å². The van der Waals surface area contributed by atoms with Gasteiger partial charge in [-0.15, -0.1) is 0 Å². The fourth-order valence-electron chi connectivity index (χ4n) is 4.43. The van der Waals surface area contributed by atoms with Crippen LogP contribution in [-0.4, -0.2) is 43.9 Å². The molecular weight excluding hydrogens is 492 g/mol. The Balaban J connectivity index is 1.40. The van der Waals surface area contributed by atoms with E-state index in [0.717, 1.165) is 28.1 Å². The molecule has 2 heterocycles. The summed E-state index contributed by atoms with van der Waals surface area (Å²) < 4.78 is 0. The van der Waals surface area contributed by atoms with Gasteiger partial charge in [0.2, 0.25) is 0 Å². The SMILES string of the molecule is CN(Cc1cccc2cccnc12)C(=O)c1ccc(N(Cc2cccnc2)C(=O)c2ccc(O)cc2O)cc1. The molecule has 0 radical (unpaired) electrons. The highest BCUT2D eigenvalue weighted by atomic mass is 16.3. The molecule has 0 aliphatic rings. The molecule has 8 nitrogen and oxygen atoms in total. The Morgan fingerprint density at radius 1 is 0.821 bits per heavy atom. The summed E-state index contributed by atoms with van der Waals surface area (Å²) in [5.41, 5.74) is 3.64. The number of carbonyl (C=O) groups excluding carboxylic acids is 2. The van der Waals surface area contributed by atoms with Gasteiger partial charge in [-0.25, -0.2) is 0 Å². The average molecular weight is 519 g/mol. The van der Waals surface area contributed by atoms with Crippen LogP contribution in [0.5, 0.6) is 11.5 Å². The van der Waals surface area contributed by atoms with E-state index in [-0.39, 0.29) is 29.5 Å². The summed E-state index contributed by atoms with van der Waals surface area (Å²) in [5.74, 6) is -1.10. The number of phenols is 2. The first-order valence-electron chi connectivity index (χ1n) is 12.3. The van der Waals surface area contributed by atoms with Crippen LogP contribution in [0.15, 0.2) is 104 Å². The fourth-order valence-corrected chi connectivity index (χ4v) is 4.43. The molecule has 0 aliphatic carbocycles.